The molecule has 2 aromatic carbocycles. The summed E-state index contributed by atoms with van der Waals surface area (Å²) in [5.41, 5.74) is 13.3. The first-order valence-corrected chi connectivity index (χ1v) is 7.97. The molecule has 2 aliphatic rings. The van der Waals surface area contributed by atoms with Gasteiger partial charge in [0, 0.05) is 0 Å². The van der Waals surface area contributed by atoms with E-state index in [1.807, 2.05) is 36.4 Å². The van der Waals surface area contributed by atoms with Crippen LogP contribution in [-0.4, -0.2) is 26.7 Å². The van der Waals surface area contributed by atoms with Crippen molar-refractivity contribution in [3.63, 3.8) is 0 Å². The maximum atomic E-state index is 5.43. The summed E-state index contributed by atoms with van der Waals surface area (Å²) in [6.07, 6.45) is 1.77. The van der Waals surface area contributed by atoms with Crippen LogP contribution in [0.25, 0.3) is 0 Å². The van der Waals surface area contributed by atoms with Gasteiger partial charge in [-0.05, 0) is 61.3 Å². The second kappa shape index (κ2) is 7.90. The molecule has 0 radical (unpaired) electrons. The molecular formula is C18H22N2O4. The summed E-state index contributed by atoms with van der Waals surface area (Å²) < 4.78 is 20.8. The summed E-state index contributed by atoms with van der Waals surface area (Å²) in [7, 11) is 0. The molecular weight excluding hydrogens is 308 g/mol. The Hall–Kier alpha value is -2.44. The van der Waals surface area contributed by atoms with E-state index >= 15 is 0 Å². The Morgan fingerprint density at radius 2 is 1.04 bits per heavy atom. The number of fused-ring (bicyclic) bond motifs is 2. The van der Waals surface area contributed by atoms with Crippen molar-refractivity contribution in [1.29, 1.82) is 0 Å². The normalized spacial score (nSPS) is 13.4. The number of rotatable bonds is 4. The highest BCUT2D eigenvalue weighted by Gasteiger charge is 2.13. The van der Waals surface area contributed by atoms with E-state index in [4.69, 9.17) is 30.4 Å². The fourth-order valence-corrected chi connectivity index (χ4v) is 2.53. The summed E-state index contributed by atoms with van der Waals surface area (Å²) >= 11 is 0. The number of hydrogen-bond donors (Lipinski definition) is 2. The molecule has 4 rings (SSSR count). The van der Waals surface area contributed by atoms with Crippen molar-refractivity contribution >= 4 is 0 Å². The van der Waals surface area contributed by atoms with Gasteiger partial charge in [-0.2, -0.15) is 0 Å². The molecule has 0 saturated heterocycles. The average Bonchev–Trinajstić information content (AvgIpc) is 3.24. The first-order valence-electron chi connectivity index (χ1n) is 7.97. The van der Waals surface area contributed by atoms with Crippen molar-refractivity contribution in [2.75, 3.05) is 26.7 Å². The van der Waals surface area contributed by atoms with Crippen molar-refractivity contribution < 1.29 is 18.9 Å². The molecule has 0 aliphatic carbocycles. The van der Waals surface area contributed by atoms with E-state index in [2.05, 4.69) is 0 Å². The predicted molar refractivity (Wildman–Crippen MR) is 90.6 cm³/mol. The molecule has 0 bridgehead atoms. The molecule has 0 spiro atoms. The van der Waals surface area contributed by atoms with Gasteiger partial charge in [0.25, 0.3) is 0 Å². The van der Waals surface area contributed by atoms with Crippen molar-refractivity contribution in [2.45, 2.75) is 12.8 Å². The minimum atomic E-state index is 0.335. The van der Waals surface area contributed by atoms with Crippen LogP contribution in [0.1, 0.15) is 11.1 Å². The molecule has 0 amide bonds. The monoisotopic (exact) mass is 330 g/mol. The zero-order valence-electron chi connectivity index (χ0n) is 13.5. The Bertz CT molecular complexity index is 631. The van der Waals surface area contributed by atoms with Crippen molar-refractivity contribution in [3.05, 3.63) is 47.5 Å². The molecule has 0 saturated carbocycles. The topological polar surface area (TPSA) is 89.0 Å². The highest BCUT2D eigenvalue weighted by molar-refractivity contribution is 5.45. The molecule has 2 aromatic rings. The standard InChI is InChI=1S/2C9H11NO2/c2*10-4-3-7-1-2-8-9(5-7)12-6-11-8/h2*1-2,5H,3-4,6,10H2. The maximum absolute atomic E-state index is 5.43. The fourth-order valence-electron chi connectivity index (χ4n) is 2.53. The van der Waals surface area contributed by atoms with Gasteiger partial charge >= 0.3 is 0 Å². The van der Waals surface area contributed by atoms with Crippen molar-refractivity contribution in [2.24, 2.45) is 11.5 Å². The zero-order chi connectivity index (χ0) is 16.8. The molecule has 2 aliphatic heterocycles. The molecule has 6 nitrogen and oxygen atoms in total. The third-order valence-electron chi connectivity index (χ3n) is 3.74. The van der Waals surface area contributed by atoms with Gasteiger partial charge in [0.2, 0.25) is 13.6 Å². The van der Waals surface area contributed by atoms with Crippen molar-refractivity contribution in [3.8, 4) is 23.0 Å². The first-order chi connectivity index (χ1) is 11.8. The molecule has 4 N–H and O–H groups in total. The van der Waals surface area contributed by atoms with Crippen LogP contribution < -0.4 is 30.4 Å². The summed E-state index contributed by atoms with van der Waals surface area (Å²) in [5, 5.41) is 0. The molecule has 0 fully saturated rings. The summed E-state index contributed by atoms with van der Waals surface area (Å²) in [5.74, 6) is 3.33. The number of ether oxygens (including phenoxy) is 4. The van der Waals surface area contributed by atoms with Crippen molar-refractivity contribution in [1.82, 2.24) is 0 Å². The highest BCUT2D eigenvalue weighted by Crippen LogP contribution is 2.33. The van der Waals surface area contributed by atoms with Crippen LogP contribution >= 0.6 is 0 Å². The SMILES string of the molecule is NCCc1ccc2c(c1)OCO2.NCCc1ccc2c(c1)OCO2. The quantitative estimate of drug-likeness (QED) is 0.889. The molecule has 128 valence electrons. The lowest BCUT2D eigenvalue weighted by atomic mass is 10.1. The molecule has 6 heteroatoms. The van der Waals surface area contributed by atoms with Gasteiger partial charge in [-0.3, -0.25) is 0 Å². The maximum Gasteiger partial charge on any atom is 0.231 e. The predicted octanol–water partition coefficient (Wildman–Crippen LogP) is 1.83. The smallest absolute Gasteiger partial charge is 0.231 e. The molecule has 0 unspecified atom stereocenters. The number of nitrogens with two attached hydrogens (primary N) is 2. The lowest BCUT2D eigenvalue weighted by molar-refractivity contribution is 0.173. The van der Waals surface area contributed by atoms with E-state index in [9.17, 15) is 0 Å². The van der Waals surface area contributed by atoms with Gasteiger partial charge < -0.3 is 30.4 Å². The van der Waals surface area contributed by atoms with Crippen LogP contribution in [0.5, 0.6) is 23.0 Å². The zero-order valence-corrected chi connectivity index (χ0v) is 13.5. The van der Waals surface area contributed by atoms with E-state index in [0.717, 1.165) is 35.8 Å². The van der Waals surface area contributed by atoms with Gasteiger partial charge in [-0.25, -0.2) is 0 Å². The number of hydrogen-bond acceptors (Lipinski definition) is 6. The minimum Gasteiger partial charge on any atom is -0.454 e. The van der Waals surface area contributed by atoms with Crippen LogP contribution in [0.15, 0.2) is 36.4 Å². The van der Waals surface area contributed by atoms with Crippen LogP contribution in [0.2, 0.25) is 0 Å². The van der Waals surface area contributed by atoms with Gasteiger partial charge in [0.15, 0.2) is 23.0 Å². The Morgan fingerprint density at radius 1 is 0.625 bits per heavy atom. The van der Waals surface area contributed by atoms with Gasteiger partial charge in [-0.1, -0.05) is 12.1 Å². The fraction of sp³-hybridized carbons (Fsp3) is 0.333. The molecule has 0 atom stereocenters. The molecule has 24 heavy (non-hydrogen) atoms. The largest absolute Gasteiger partial charge is 0.454 e. The summed E-state index contributed by atoms with van der Waals surface area (Å²) in [6, 6.07) is 11.8. The second-order valence-electron chi connectivity index (χ2n) is 5.45. The van der Waals surface area contributed by atoms with Gasteiger partial charge in [0.1, 0.15) is 0 Å². The molecule has 2 heterocycles. The van der Waals surface area contributed by atoms with E-state index in [1.54, 1.807) is 0 Å². The van der Waals surface area contributed by atoms with Gasteiger partial charge in [-0.15, -0.1) is 0 Å². The Morgan fingerprint density at radius 3 is 1.46 bits per heavy atom. The second-order valence-corrected chi connectivity index (χ2v) is 5.45. The highest BCUT2D eigenvalue weighted by atomic mass is 16.7. The third-order valence-corrected chi connectivity index (χ3v) is 3.74. The minimum absolute atomic E-state index is 0.335. The Balaban J connectivity index is 0.000000141. The van der Waals surface area contributed by atoms with Crippen LogP contribution in [0, 0.1) is 0 Å². The summed E-state index contributed by atoms with van der Waals surface area (Å²) in [6.45, 7) is 2.00. The van der Waals surface area contributed by atoms with Crippen LogP contribution in [0.4, 0.5) is 0 Å². The summed E-state index contributed by atoms with van der Waals surface area (Å²) in [4.78, 5) is 0. The first kappa shape index (κ1) is 16.4. The van der Waals surface area contributed by atoms with E-state index in [0.29, 0.717) is 26.7 Å². The Kier molecular flexibility index (Phi) is 5.40. The molecule has 0 aromatic heterocycles. The lowest BCUT2D eigenvalue weighted by Crippen LogP contribution is -2.02. The third kappa shape index (κ3) is 3.90. The lowest BCUT2D eigenvalue weighted by Gasteiger charge is -1.99. The Labute approximate surface area is 141 Å². The van der Waals surface area contributed by atoms with Gasteiger partial charge in [0.05, 0.1) is 0 Å². The van der Waals surface area contributed by atoms with Crippen LogP contribution in [-0.2, 0) is 12.8 Å². The number of benzene rings is 2. The van der Waals surface area contributed by atoms with E-state index in [1.165, 1.54) is 11.1 Å². The van der Waals surface area contributed by atoms with E-state index < -0.39 is 0 Å². The van der Waals surface area contributed by atoms with Crippen LogP contribution in [0.3, 0.4) is 0 Å². The van der Waals surface area contributed by atoms with E-state index in [-0.39, 0.29) is 0 Å². The average molecular weight is 330 g/mol.